The van der Waals surface area contributed by atoms with Gasteiger partial charge in [-0.25, -0.2) is 4.39 Å². The lowest BCUT2D eigenvalue weighted by Crippen LogP contribution is -2.37. The Morgan fingerprint density at radius 2 is 2.00 bits per heavy atom. The Morgan fingerprint density at radius 3 is 2.61 bits per heavy atom. The first-order valence-electron chi connectivity index (χ1n) is 5.13. The maximum atomic E-state index is 12.9. The lowest BCUT2D eigenvalue weighted by atomic mass is 10.2. The van der Waals surface area contributed by atoms with E-state index in [9.17, 15) is 14.0 Å². The summed E-state index contributed by atoms with van der Waals surface area (Å²) < 4.78 is 13.5. The van der Waals surface area contributed by atoms with Gasteiger partial charge in [0.25, 0.3) is 5.91 Å². The molecule has 2 N–H and O–H groups in total. The van der Waals surface area contributed by atoms with E-state index in [1.165, 1.54) is 18.2 Å². The number of amides is 2. The lowest BCUT2D eigenvalue weighted by molar-refractivity contribution is -0.119. The molecule has 0 spiro atoms. The molecule has 96 valence electrons. The number of rotatable bonds is 5. The third kappa shape index (κ3) is 5.09. The minimum atomic E-state index is -0.498. The average Bonchev–Trinajstić information content (AvgIpc) is 2.33. The summed E-state index contributed by atoms with van der Waals surface area (Å²) in [7, 11) is 0. The number of carbonyl (C=O) groups is 2. The Hall–Kier alpha value is -1.69. The van der Waals surface area contributed by atoms with Crippen LogP contribution in [0.4, 0.5) is 4.39 Å². The predicted molar refractivity (Wildman–Crippen MR) is 69.8 cm³/mol. The van der Waals surface area contributed by atoms with Crippen LogP contribution >= 0.6 is 15.9 Å². The molecule has 0 atom stereocenters. The molecular formula is C12H12BrFN2O2. The zero-order valence-electron chi connectivity index (χ0n) is 9.50. The summed E-state index contributed by atoms with van der Waals surface area (Å²) in [5.74, 6) is -1.34. The van der Waals surface area contributed by atoms with Gasteiger partial charge in [0.2, 0.25) is 5.91 Å². The summed E-state index contributed by atoms with van der Waals surface area (Å²) in [5, 5.41) is 4.91. The maximum absolute atomic E-state index is 12.9. The van der Waals surface area contributed by atoms with Crippen molar-refractivity contribution in [3.05, 3.63) is 46.7 Å². The van der Waals surface area contributed by atoms with Crippen LogP contribution in [0.5, 0.6) is 0 Å². The number of hydrogen-bond donors (Lipinski definition) is 2. The van der Waals surface area contributed by atoms with Gasteiger partial charge in [-0.1, -0.05) is 28.6 Å². The lowest BCUT2D eigenvalue weighted by Gasteiger charge is -2.06. The summed E-state index contributed by atoms with van der Waals surface area (Å²) >= 11 is 3.09. The van der Waals surface area contributed by atoms with E-state index in [2.05, 4.69) is 33.1 Å². The van der Waals surface area contributed by atoms with Gasteiger partial charge in [-0.3, -0.25) is 9.59 Å². The molecule has 0 bridgehead atoms. The van der Waals surface area contributed by atoms with E-state index in [-0.39, 0.29) is 24.6 Å². The normalized spacial score (nSPS) is 9.67. The highest BCUT2D eigenvalue weighted by Gasteiger charge is 2.08. The molecule has 0 aliphatic heterocycles. The SMILES string of the molecule is C=C(Br)CNC(=O)CNC(=O)c1cccc(F)c1. The van der Waals surface area contributed by atoms with Crippen LogP contribution in [0.2, 0.25) is 0 Å². The maximum Gasteiger partial charge on any atom is 0.251 e. The zero-order valence-corrected chi connectivity index (χ0v) is 11.1. The number of nitrogens with one attached hydrogen (secondary N) is 2. The minimum absolute atomic E-state index is 0.171. The molecule has 0 heterocycles. The topological polar surface area (TPSA) is 58.2 Å². The zero-order chi connectivity index (χ0) is 13.5. The van der Waals surface area contributed by atoms with Crippen LogP contribution in [-0.2, 0) is 4.79 Å². The van der Waals surface area contributed by atoms with Crippen molar-refractivity contribution in [3.63, 3.8) is 0 Å². The molecule has 2 amide bonds. The van der Waals surface area contributed by atoms with Crippen molar-refractivity contribution in [2.24, 2.45) is 0 Å². The number of halogens is 2. The van der Waals surface area contributed by atoms with Crippen LogP contribution < -0.4 is 10.6 Å². The van der Waals surface area contributed by atoms with E-state index in [1.807, 2.05) is 0 Å². The minimum Gasteiger partial charge on any atom is -0.350 e. The third-order valence-corrected chi connectivity index (χ3v) is 2.25. The van der Waals surface area contributed by atoms with Crippen LogP contribution in [0.3, 0.4) is 0 Å². The van der Waals surface area contributed by atoms with Gasteiger partial charge in [-0.15, -0.1) is 0 Å². The van der Waals surface area contributed by atoms with Crippen LogP contribution in [0, 0.1) is 5.82 Å². The van der Waals surface area contributed by atoms with E-state index in [0.717, 1.165) is 6.07 Å². The molecule has 0 saturated carbocycles. The quantitative estimate of drug-likeness (QED) is 0.867. The van der Waals surface area contributed by atoms with Gasteiger partial charge in [0.15, 0.2) is 0 Å². The van der Waals surface area contributed by atoms with Gasteiger partial charge < -0.3 is 10.6 Å². The molecule has 0 radical (unpaired) electrons. The Kier molecular flexibility index (Phi) is 5.51. The first kappa shape index (κ1) is 14.4. The van der Waals surface area contributed by atoms with E-state index in [4.69, 9.17) is 0 Å². The molecule has 1 rings (SSSR count). The Bertz CT molecular complexity index is 477. The highest BCUT2D eigenvalue weighted by Crippen LogP contribution is 2.02. The van der Waals surface area contributed by atoms with E-state index < -0.39 is 11.7 Å². The van der Waals surface area contributed by atoms with Gasteiger partial charge in [0.1, 0.15) is 5.82 Å². The van der Waals surface area contributed by atoms with Crippen molar-refractivity contribution >= 4 is 27.7 Å². The second-order valence-corrected chi connectivity index (χ2v) is 4.61. The van der Waals surface area contributed by atoms with Crippen LogP contribution in [0.25, 0.3) is 0 Å². The number of carbonyl (C=O) groups excluding carboxylic acids is 2. The van der Waals surface area contributed by atoms with Crippen molar-refractivity contribution in [1.29, 1.82) is 0 Å². The summed E-state index contributed by atoms with van der Waals surface area (Å²) in [5.41, 5.74) is 0.174. The van der Waals surface area contributed by atoms with Crippen molar-refractivity contribution < 1.29 is 14.0 Å². The summed E-state index contributed by atoms with van der Waals surface area (Å²) in [6, 6.07) is 5.24. The van der Waals surface area contributed by atoms with Gasteiger partial charge in [0, 0.05) is 16.6 Å². The second kappa shape index (κ2) is 6.90. The largest absolute Gasteiger partial charge is 0.350 e. The van der Waals surface area contributed by atoms with Gasteiger partial charge in [-0.05, 0) is 18.2 Å². The molecular weight excluding hydrogens is 303 g/mol. The molecule has 0 fully saturated rings. The van der Waals surface area contributed by atoms with Crippen LogP contribution in [-0.4, -0.2) is 24.9 Å². The number of hydrogen-bond acceptors (Lipinski definition) is 2. The summed E-state index contributed by atoms with van der Waals surface area (Å²) in [6.45, 7) is 3.67. The monoisotopic (exact) mass is 314 g/mol. The van der Waals surface area contributed by atoms with E-state index >= 15 is 0 Å². The smallest absolute Gasteiger partial charge is 0.251 e. The first-order valence-corrected chi connectivity index (χ1v) is 5.92. The fourth-order valence-electron chi connectivity index (χ4n) is 1.15. The highest BCUT2D eigenvalue weighted by molar-refractivity contribution is 9.11. The Morgan fingerprint density at radius 1 is 1.28 bits per heavy atom. The van der Waals surface area contributed by atoms with Gasteiger partial charge in [-0.2, -0.15) is 0 Å². The van der Waals surface area contributed by atoms with Crippen molar-refractivity contribution in [1.82, 2.24) is 10.6 Å². The molecule has 4 nitrogen and oxygen atoms in total. The Labute approximate surface area is 112 Å². The molecule has 1 aromatic carbocycles. The highest BCUT2D eigenvalue weighted by atomic mass is 79.9. The third-order valence-electron chi connectivity index (χ3n) is 1.97. The van der Waals surface area contributed by atoms with E-state index in [0.29, 0.717) is 4.48 Å². The molecule has 1 aromatic rings. The van der Waals surface area contributed by atoms with Crippen molar-refractivity contribution in [2.75, 3.05) is 13.1 Å². The van der Waals surface area contributed by atoms with Gasteiger partial charge in [0.05, 0.1) is 6.54 Å². The molecule has 0 saturated heterocycles. The average molecular weight is 315 g/mol. The van der Waals surface area contributed by atoms with Crippen molar-refractivity contribution in [2.45, 2.75) is 0 Å². The predicted octanol–water partition coefficient (Wildman–Crippen LogP) is 1.58. The number of benzene rings is 1. The molecule has 0 unspecified atom stereocenters. The molecule has 6 heteroatoms. The first-order chi connectivity index (χ1) is 8.49. The van der Waals surface area contributed by atoms with E-state index in [1.54, 1.807) is 0 Å². The van der Waals surface area contributed by atoms with Crippen LogP contribution in [0.1, 0.15) is 10.4 Å². The summed E-state index contributed by atoms with van der Waals surface area (Å²) in [4.78, 5) is 22.8. The molecule has 18 heavy (non-hydrogen) atoms. The molecule has 0 aliphatic carbocycles. The second-order valence-electron chi connectivity index (χ2n) is 3.49. The fourth-order valence-corrected chi connectivity index (χ4v) is 1.29. The standard InChI is InChI=1S/C12H12BrFN2O2/c1-8(13)6-15-11(17)7-16-12(18)9-3-2-4-10(14)5-9/h2-5H,1,6-7H2,(H,15,17)(H,16,18). The summed E-state index contributed by atoms with van der Waals surface area (Å²) in [6.07, 6.45) is 0. The Balaban J connectivity index is 2.42. The molecule has 0 aliphatic rings. The fraction of sp³-hybridized carbons (Fsp3) is 0.167. The van der Waals surface area contributed by atoms with Crippen molar-refractivity contribution in [3.8, 4) is 0 Å². The van der Waals surface area contributed by atoms with Crippen LogP contribution in [0.15, 0.2) is 35.3 Å². The van der Waals surface area contributed by atoms with Gasteiger partial charge >= 0.3 is 0 Å². The molecule has 0 aromatic heterocycles.